The van der Waals surface area contributed by atoms with Crippen LogP contribution in [0.25, 0.3) is 10.8 Å². The zero-order valence-electron chi connectivity index (χ0n) is 11.4. The molecule has 1 amide bonds. The largest absolute Gasteiger partial charge is 0.321 e. The van der Waals surface area contributed by atoms with Crippen LogP contribution in [-0.2, 0) is 0 Å². The van der Waals surface area contributed by atoms with E-state index in [1.54, 1.807) is 18.5 Å². The van der Waals surface area contributed by atoms with Gasteiger partial charge in [-0.05, 0) is 46.6 Å². The number of carbonyl (C=O) groups is 1. The minimum Gasteiger partial charge on any atom is -0.321 e. The molecule has 0 saturated heterocycles. The Bertz CT molecular complexity index is 825. The summed E-state index contributed by atoms with van der Waals surface area (Å²) in [6, 6.07) is 13.3. The summed E-state index contributed by atoms with van der Waals surface area (Å²) in [4.78, 5) is 16.6. The van der Waals surface area contributed by atoms with Crippen molar-refractivity contribution in [3.05, 3.63) is 70.5 Å². The molecule has 0 unspecified atom stereocenters. The lowest BCUT2D eigenvalue weighted by Crippen LogP contribution is -2.13. The molecule has 0 saturated carbocycles. The van der Waals surface area contributed by atoms with Gasteiger partial charge in [-0.15, -0.1) is 0 Å². The Kier molecular flexibility index (Phi) is 3.71. The van der Waals surface area contributed by atoms with Crippen LogP contribution in [0.15, 0.2) is 59.3 Å². The number of carbonyl (C=O) groups excluding carboxylic acids is 1. The van der Waals surface area contributed by atoms with E-state index in [2.05, 4.69) is 26.2 Å². The number of nitrogens with zero attached hydrogens (tertiary/aromatic N) is 1. The highest BCUT2D eigenvalue weighted by Crippen LogP contribution is 2.25. The van der Waals surface area contributed by atoms with Crippen molar-refractivity contribution >= 4 is 38.3 Å². The van der Waals surface area contributed by atoms with Gasteiger partial charge in [-0.3, -0.25) is 9.78 Å². The summed E-state index contributed by atoms with van der Waals surface area (Å²) in [5.74, 6) is -0.130. The van der Waals surface area contributed by atoms with Crippen LogP contribution >= 0.6 is 15.9 Å². The molecule has 3 nitrogen and oxygen atoms in total. The molecule has 1 heterocycles. The van der Waals surface area contributed by atoms with Crippen molar-refractivity contribution in [2.75, 3.05) is 5.32 Å². The molecule has 0 radical (unpaired) electrons. The van der Waals surface area contributed by atoms with Crippen LogP contribution in [0, 0.1) is 6.92 Å². The van der Waals surface area contributed by atoms with Gasteiger partial charge in [0.1, 0.15) is 0 Å². The normalized spacial score (nSPS) is 10.6. The van der Waals surface area contributed by atoms with Gasteiger partial charge < -0.3 is 5.32 Å². The second-order valence-corrected chi connectivity index (χ2v) is 5.59. The first-order chi connectivity index (χ1) is 10.2. The molecule has 104 valence electrons. The number of rotatable bonds is 2. The van der Waals surface area contributed by atoms with Gasteiger partial charge in [0.2, 0.25) is 0 Å². The lowest BCUT2D eigenvalue weighted by molar-refractivity contribution is 0.102. The van der Waals surface area contributed by atoms with Crippen molar-refractivity contribution in [1.29, 1.82) is 0 Å². The summed E-state index contributed by atoms with van der Waals surface area (Å²) in [5.41, 5.74) is 2.44. The Morgan fingerprint density at radius 1 is 1.14 bits per heavy atom. The molecule has 0 bridgehead atoms. The van der Waals surface area contributed by atoms with Crippen molar-refractivity contribution in [3.8, 4) is 0 Å². The molecule has 1 N–H and O–H groups in total. The van der Waals surface area contributed by atoms with Gasteiger partial charge in [0.15, 0.2) is 0 Å². The molecule has 3 rings (SSSR count). The van der Waals surface area contributed by atoms with Gasteiger partial charge in [0.25, 0.3) is 5.91 Å². The fourth-order valence-corrected chi connectivity index (χ4v) is 2.69. The summed E-state index contributed by atoms with van der Waals surface area (Å²) < 4.78 is 0.824. The average Bonchev–Trinajstić information content (AvgIpc) is 2.50. The second kappa shape index (κ2) is 5.66. The number of anilines is 1. The predicted molar refractivity (Wildman–Crippen MR) is 88.6 cm³/mol. The van der Waals surface area contributed by atoms with E-state index in [0.29, 0.717) is 5.56 Å². The first-order valence-corrected chi connectivity index (χ1v) is 7.35. The quantitative estimate of drug-likeness (QED) is 0.743. The Morgan fingerprint density at radius 3 is 2.81 bits per heavy atom. The Balaban J connectivity index is 1.99. The number of halogens is 1. The van der Waals surface area contributed by atoms with Gasteiger partial charge in [-0.25, -0.2) is 0 Å². The van der Waals surface area contributed by atoms with E-state index in [9.17, 15) is 4.79 Å². The third-order valence-corrected chi connectivity index (χ3v) is 4.42. The number of benzene rings is 2. The Hall–Kier alpha value is -2.20. The third kappa shape index (κ3) is 2.67. The monoisotopic (exact) mass is 340 g/mol. The lowest BCUT2D eigenvalue weighted by Gasteiger charge is -2.10. The molecule has 0 atom stereocenters. The van der Waals surface area contributed by atoms with E-state index in [0.717, 1.165) is 26.5 Å². The standard InChI is InChI=1S/C17H13BrN2O/c1-11-4-2-6-14(16(11)18)17(21)20-15-7-3-5-12-10-19-9-8-13(12)15/h2-10H,1H3,(H,20,21). The molecule has 4 heteroatoms. The molecule has 0 aliphatic heterocycles. The summed E-state index contributed by atoms with van der Waals surface area (Å²) >= 11 is 3.47. The fraction of sp³-hybridized carbons (Fsp3) is 0.0588. The number of nitrogens with one attached hydrogen (secondary N) is 1. The SMILES string of the molecule is Cc1cccc(C(=O)Nc2cccc3cnccc23)c1Br. The highest BCUT2D eigenvalue weighted by molar-refractivity contribution is 9.10. The van der Waals surface area contributed by atoms with Crippen molar-refractivity contribution in [2.45, 2.75) is 6.92 Å². The fourth-order valence-electron chi connectivity index (χ4n) is 2.24. The topological polar surface area (TPSA) is 42.0 Å². The first-order valence-electron chi connectivity index (χ1n) is 6.56. The highest BCUT2D eigenvalue weighted by atomic mass is 79.9. The first kappa shape index (κ1) is 13.8. The molecule has 0 aliphatic rings. The van der Waals surface area contributed by atoms with E-state index in [1.807, 2.05) is 43.3 Å². The third-order valence-electron chi connectivity index (χ3n) is 3.37. The zero-order chi connectivity index (χ0) is 14.8. The van der Waals surface area contributed by atoms with Gasteiger partial charge in [0.05, 0.1) is 5.56 Å². The predicted octanol–water partition coefficient (Wildman–Crippen LogP) is 4.56. The summed E-state index contributed by atoms with van der Waals surface area (Å²) in [6.07, 6.45) is 3.51. The van der Waals surface area contributed by atoms with Crippen LogP contribution in [0.3, 0.4) is 0 Å². The maximum absolute atomic E-state index is 12.5. The smallest absolute Gasteiger partial charge is 0.256 e. The molecule has 1 aromatic heterocycles. The molecule has 21 heavy (non-hydrogen) atoms. The van der Waals surface area contributed by atoms with Crippen LogP contribution in [0.1, 0.15) is 15.9 Å². The molecule has 2 aromatic carbocycles. The van der Waals surface area contributed by atoms with E-state index in [-0.39, 0.29) is 5.91 Å². The molecular formula is C17H13BrN2O. The molecule has 3 aromatic rings. The Labute approximate surface area is 131 Å². The zero-order valence-corrected chi connectivity index (χ0v) is 13.0. The summed E-state index contributed by atoms with van der Waals surface area (Å²) in [6.45, 7) is 1.96. The number of aryl methyl sites for hydroxylation is 1. The molecular weight excluding hydrogens is 328 g/mol. The molecule has 0 fully saturated rings. The van der Waals surface area contributed by atoms with Crippen molar-refractivity contribution in [1.82, 2.24) is 4.98 Å². The van der Waals surface area contributed by atoms with Gasteiger partial charge >= 0.3 is 0 Å². The number of hydrogen-bond acceptors (Lipinski definition) is 2. The maximum Gasteiger partial charge on any atom is 0.256 e. The van der Waals surface area contributed by atoms with Gasteiger partial charge in [-0.2, -0.15) is 0 Å². The van der Waals surface area contributed by atoms with Crippen molar-refractivity contribution in [2.24, 2.45) is 0 Å². The van der Waals surface area contributed by atoms with Crippen LogP contribution in [0.2, 0.25) is 0 Å². The number of amides is 1. The van der Waals surface area contributed by atoms with Crippen molar-refractivity contribution in [3.63, 3.8) is 0 Å². The van der Waals surface area contributed by atoms with E-state index in [1.165, 1.54) is 0 Å². The van der Waals surface area contributed by atoms with Crippen LogP contribution in [-0.4, -0.2) is 10.9 Å². The number of pyridine rings is 1. The average molecular weight is 341 g/mol. The molecule has 0 spiro atoms. The highest BCUT2D eigenvalue weighted by Gasteiger charge is 2.12. The van der Waals surface area contributed by atoms with Crippen molar-refractivity contribution < 1.29 is 4.79 Å². The molecule has 0 aliphatic carbocycles. The lowest BCUT2D eigenvalue weighted by atomic mass is 10.1. The van der Waals surface area contributed by atoms with E-state index < -0.39 is 0 Å². The number of fused-ring (bicyclic) bond motifs is 1. The minimum atomic E-state index is -0.130. The van der Waals surface area contributed by atoms with Crippen LogP contribution < -0.4 is 5.32 Å². The minimum absolute atomic E-state index is 0.130. The Morgan fingerprint density at radius 2 is 1.95 bits per heavy atom. The van der Waals surface area contributed by atoms with E-state index in [4.69, 9.17) is 0 Å². The van der Waals surface area contributed by atoms with Crippen LogP contribution in [0.5, 0.6) is 0 Å². The van der Waals surface area contributed by atoms with E-state index >= 15 is 0 Å². The second-order valence-electron chi connectivity index (χ2n) is 4.79. The summed E-state index contributed by atoms with van der Waals surface area (Å²) in [7, 11) is 0. The van der Waals surface area contributed by atoms with Crippen LogP contribution in [0.4, 0.5) is 5.69 Å². The number of hydrogen-bond donors (Lipinski definition) is 1. The maximum atomic E-state index is 12.5. The van der Waals surface area contributed by atoms with Gasteiger partial charge in [-0.1, -0.05) is 24.3 Å². The number of aromatic nitrogens is 1. The summed E-state index contributed by atoms with van der Waals surface area (Å²) in [5, 5.41) is 4.95. The van der Waals surface area contributed by atoms with Gasteiger partial charge in [0, 0.05) is 33.3 Å².